The van der Waals surface area contributed by atoms with Crippen LogP contribution >= 0.6 is 11.8 Å². The molecule has 162 valence electrons. The minimum Gasteiger partial charge on any atom is -0.508 e. The molecular weight excluding hydrogens is 420 g/mol. The predicted molar refractivity (Wildman–Crippen MR) is 118 cm³/mol. The number of aryl methyl sites for hydroxylation is 1. The summed E-state index contributed by atoms with van der Waals surface area (Å²) in [6.45, 7) is 2.10. The Kier molecular flexibility index (Phi) is 6.96. The van der Waals surface area contributed by atoms with Crippen molar-refractivity contribution in [2.75, 3.05) is 10.2 Å². The van der Waals surface area contributed by atoms with E-state index < -0.39 is 28.3 Å². The summed E-state index contributed by atoms with van der Waals surface area (Å²) in [7, 11) is 0. The van der Waals surface area contributed by atoms with Crippen LogP contribution in [-0.2, 0) is 16.0 Å². The number of nitrogens with zero attached hydrogens (tertiary/aromatic N) is 1. The number of thioether (sulfide) groups is 1. The van der Waals surface area contributed by atoms with Crippen molar-refractivity contribution in [2.45, 2.75) is 37.9 Å². The van der Waals surface area contributed by atoms with Crippen molar-refractivity contribution < 1.29 is 29.4 Å². The number of benzene rings is 2. The monoisotopic (exact) mass is 442 g/mol. The van der Waals surface area contributed by atoms with Gasteiger partial charge in [0.2, 0.25) is 11.8 Å². The Morgan fingerprint density at radius 1 is 1.13 bits per heavy atom. The van der Waals surface area contributed by atoms with Gasteiger partial charge in [0.1, 0.15) is 11.0 Å². The Hall–Kier alpha value is -3.33. The number of hydrogen-bond donors (Lipinski definition) is 3. The van der Waals surface area contributed by atoms with Crippen molar-refractivity contribution in [3.63, 3.8) is 0 Å². The number of hydrogen-bond acceptors (Lipinski definition) is 6. The van der Waals surface area contributed by atoms with Gasteiger partial charge in [0.25, 0.3) is 5.24 Å². The van der Waals surface area contributed by atoms with E-state index in [1.54, 1.807) is 12.1 Å². The summed E-state index contributed by atoms with van der Waals surface area (Å²) in [6.07, 6.45) is 2.76. The molecule has 0 saturated carbocycles. The van der Waals surface area contributed by atoms with Crippen LogP contribution in [-0.4, -0.2) is 38.5 Å². The molecule has 9 heteroatoms. The van der Waals surface area contributed by atoms with E-state index in [4.69, 9.17) is 0 Å². The maximum Gasteiger partial charge on any atom is 0.337 e. The molecule has 3 rings (SSSR count). The zero-order valence-corrected chi connectivity index (χ0v) is 17.6. The van der Waals surface area contributed by atoms with E-state index in [1.165, 1.54) is 12.1 Å². The number of anilines is 2. The number of aromatic hydroxyl groups is 1. The molecule has 3 amide bonds. The number of amides is 3. The minimum absolute atomic E-state index is 0.00315. The highest BCUT2D eigenvalue weighted by Crippen LogP contribution is 2.34. The predicted octanol–water partition coefficient (Wildman–Crippen LogP) is 4.03. The van der Waals surface area contributed by atoms with E-state index >= 15 is 0 Å². The fourth-order valence-electron chi connectivity index (χ4n) is 3.20. The second-order valence-electron chi connectivity index (χ2n) is 7.10. The quantitative estimate of drug-likeness (QED) is 0.527. The van der Waals surface area contributed by atoms with E-state index in [2.05, 4.69) is 12.2 Å². The molecule has 1 saturated heterocycles. The van der Waals surface area contributed by atoms with Crippen LogP contribution in [0.25, 0.3) is 0 Å². The van der Waals surface area contributed by atoms with Gasteiger partial charge >= 0.3 is 5.97 Å². The van der Waals surface area contributed by atoms with Crippen LogP contribution < -0.4 is 10.2 Å². The summed E-state index contributed by atoms with van der Waals surface area (Å²) < 4.78 is 0. The number of phenolic OH excluding ortho intramolecular Hbond substituents is 1. The lowest BCUT2D eigenvalue weighted by Crippen LogP contribution is -2.33. The van der Waals surface area contributed by atoms with Gasteiger partial charge < -0.3 is 15.5 Å². The molecule has 3 N–H and O–H groups in total. The number of carbonyl (C=O) groups excluding carboxylic acids is 3. The summed E-state index contributed by atoms with van der Waals surface area (Å²) in [5, 5.41) is 19.7. The van der Waals surface area contributed by atoms with Gasteiger partial charge in [-0.1, -0.05) is 25.5 Å². The van der Waals surface area contributed by atoms with Crippen LogP contribution in [0, 0.1) is 0 Å². The topological polar surface area (TPSA) is 124 Å². The van der Waals surface area contributed by atoms with Crippen LogP contribution in [0.5, 0.6) is 5.75 Å². The fraction of sp³-hybridized carbons (Fsp3) is 0.273. The first-order valence-electron chi connectivity index (χ1n) is 9.79. The number of carboxylic acid groups (broad SMARTS) is 1. The smallest absolute Gasteiger partial charge is 0.337 e. The van der Waals surface area contributed by atoms with Crippen LogP contribution in [0.3, 0.4) is 0 Å². The summed E-state index contributed by atoms with van der Waals surface area (Å²) >= 11 is 0.767. The van der Waals surface area contributed by atoms with Gasteiger partial charge in [-0.2, -0.15) is 0 Å². The van der Waals surface area contributed by atoms with Crippen LogP contribution in [0.4, 0.5) is 16.2 Å². The third-order valence-corrected chi connectivity index (χ3v) is 5.85. The Balaban J connectivity index is 1.67. The lowest BCUT2D eigenvalue weighted by atomic mass is 10.1. The normalized spacial score (nSPS) is 15.9. The molecule has 0 spiro atoms. The number of imide groups is 1. The van der Waals surface area contributed by atoms with E-state index in [0.29, 0.717) is 5.69 Å². The Morgan fingerprint density at radius 2 is 1.84 bits per heavy atom. The SMILES string of the molecule is CCCCc1ccc(N2C(=O)SC(CC(=O)Nc3ccc(O)cc3C(=O)O)C2=O)cc1. The Bertz CT molecular complexity index is 1020. The molecule has 2 aromatic carbocycles. The summed E-state index contributed by atoms with van der Waals surface area (Å²) in [5.41, 5.74) is 1.30. The average Bonchev–Trinajstić information content (AvgIpc) is 3.01. The van der Waals surface area contributed by atoms with Crippen LogP contribution in [0.1, 0.15) is 42.1 Å². The average molecular weight is 442 g/mol. The van der Waals surface area contributed by atoms with Crippen LogP contribution in [0.2, 0.25) is 0 Å². The Labute approximate surface area is 183 Å². The minimum atomic E-state index is -1.32. The standard InChI is InChI=1S/C22H22N2O6S/c1-2-3-4-13-5-7-14(8-6-13)24-20(27)18(31-22(24)30)12-19(26)23-17-10-9-15(25)11-16(17)21(28)29/h5-11,18,25H,2-4,12H2,1H3,(H,23,26)(H,28,29). The molecule has 31 heavy (non-hydrogen) atoms. The number of rotatable bonds is 8. The largest absolute Gasteiger partial charge is 0.508 e. The lowest BCUT2D eigenvalue weighted by Gasteiger charge is -2.15. The first-order valence-corrected chi connectivity index (χ1v) is 10.7. The summed E-state index contributed by atoms with van der Waals surface area (Å²) in [4.78, 5) is 49.9. The number of nitrogens with one attached hydrogen (secondary N) is 1. The van der Waals surface area contributed by atoms with Gasteiger partial charge in [0, 0.05) is 6.42 Å². The van der Waals surface area contributed by atoms with Gasteiger partial charge in [0.15, 0.2) is 0 Å². The molecule has 2 aromatic rings. The number of aromatic carboxylic acids is 1. The molecule has 1 fully saturated rings. The highest BCUT2D eigenvalue weighted by atomic mass is 32.2. The zero-order valence-electron chi connectivity index (χ0n) is 16.8. The molecule has 1 aliphatic heterocycles. The first kappa shape index (κ1) is 22.4. The molecule has 0 bridgehead atoms. The molecule has 1 heterocycles. The lowest BCUT2D eigenvalue weighted by molar-refractivity contribution is -0.121. The van der Waals surface area contributed by atoms with Crippen molar-refractivity contribution >= 4 is 46.2 Å². The zero-order chi connectivity index (χ0) is 22.5. The van der Waals surface area contributed by atoms with E-state index in [0.717, 1.165) is 47.6 Å². The van der Waals surface area contributed by atoms with Crippen molar-refractivity contribution in [3.8, 4) is 5.75 Å². The third kappa shape index (κ3) is 5.24. The molecule has 0 aliphatic carbocycles. The van der Waals surface area contributed by atoms with Crippen LogP contribution in [0.15, 0.2) is 42.5 Å². The highest BCUT2D eigenvalue weighted by Gasteiger charge is 2.41. The first-order chi connectivity index (χ1) is 14.8. The second-order valence-corrected chi connectivity index (χ2v) is 8.26. The molecule has 1 aliphatic rings. The molecule has 8 nitrogen and oxygen atoms in total. The summed E-state index contributed by atoms with van der Waals surface area (Å²) in [6, 6.07) is 10.7. The van der Waals surface area contributed by atoms with Crippen molar-refractivity contribution in [2.24, 2.45) is 0 Å². The van der Waals surface area contributed by atoms with Crippen molar-refractivity contribution in [1.82, 2.24) is 0 Å². The maximum absolute atomic E-state index is 12.8. The number of phenols is 1. The third-order valence-electron chi connectivity index (χ3n) is 4.81. The molecule has 0 aromatic heterocycles. The van der Waals surface area contributed by atoms with E-state index in [1.807, 2.05) is 12.1 Å². The van der Waals surface area contributed by atoms with Gasteiger partial charge in [-0.05, 0) is 60.5 Å². The van der Waals surface area contributed by atoms with Gasteiger partial charge in [-0.25, -0.2) is 9.69 Å². The van der Waals surface area contributed by atoms with Gasteiger partial charge in [-0.15, -0.1) is 0 Å². The molecule has 1 atom stereocenters. The second kappa shape index (κ2) is 9.65. The number of carbonyl (C=O) groups is 4. The van der Waals surface area contributed by atoms with Gasteiger partial charge in [-0.3, -0.25) is 14.4 Å². The summed E-state index contributed by atoms with van der Waals surface area (Å²) in [5.74, 6) is -2.67. The van der Waals surface area contributed by atoms with E-state index in [-0.39, 0.29) is 23.4 Å². The number of carboxylic acids is 1. The van der Waals surface area contributed by atoms with Crippen molar-refractivity contribution in [1.29, 1.82) is 0 Å². The molecular formula is C22H22N2O6S. The fourth-order valence-corrected chi connectivity index (χ4v) is 4.19. The molecule has 1 unspecified atom stereocenters. The number of unbranched alkanes of at least 4 members (excludes halogenated alkanes) is 1. The molecule has 0 radical (unpaired) electrons. The highest BCUT2D eigenvalue weighted by molar-refractivity contribution is 8.15. The van der Waals surface area contributed by atoms with Gasteiger partial charge in [0.05, 0.1) is 16.9 Å². The Morgan fingerprint density at radius 3 is 2.48 bits per heavy atom. The van der Waals surface area contributed by atoms with E-state index in [9.17, 15) is 29.4 Å². The maximum atomic E-state index is 12.8. The van der Waals surface area contributed by atoms with Crippen molar-refractivity contribution in [3.05, 3.63) is 53.6 Å².